The fraction of sp³-hybridized carbons (Fsp3) is 0.182. The van der Waals surface area contributed by atoms with Gasteiger partial charge in [0.1, 0.15) is 10.9 Å². The highest BCUT2D eigenvalue weighted by Crippen LogP contribution is 2.37. The summed E-state index contributed by atoms with van der Waals surface area (Å²) in [5, 5.41) is 10.7. The van der Waals surface area contributed by atoms with Crippen LogP contribution in [0.2, 0.25) is 0 Å². The molecule has 0 aromatic carbocycles. The molecule has 2 rings (SSSR count). The first-order valence-electron chi connectivity index (χ1n) is 5.01. The molecule has 0 saturated carbocycles. The molecule has 94 valence electrons. The van der Waals surface area contributed by atoms with E-state index < -0.39 is 5.97 Å². The van der Waals surface area contributed by atoms with E-state index in [1.54, 1.807) is 0 Å². The zero-order chi connectivity index (χ0) is 13.3. The number of carboxylic acids is 1. The third kappa shape index (κ3) is 2.47. The highest BCUT2D eigenvalue weighted by Gasteiger charge is 2.34. The molecule has 0 bridgehead atoms. The van der Waals surface area contributed by atoms with Crippen LogP contribution in [0, 0.1) is 0 Å². The molecule has 1 N–H and O–H groups in total. The van der Waals surface area contributed by atoms with Crippen molar-refractivity contribution in [2.45, 2.75) is 6.92 Å². The van der Waals surface area contributed by atoms with Gasteiger partial charge in [0.2, 0.25) is 0 Å². The maximum Gasteiger partial charge on any atom is 0.323 e. The summed E-state index contributed by atoms with van der Waals surface area (Å²) < 4.78 is 0.299. The third-order valence-corrected chi connectivity index (χ3v) is 4.91. The lowest BCUT2D eigenvalue weighted by Gasteiger charge is -2.10. The minimum absolute atomic E-state index is 0.299. The predicted molar refractivity (Wildman–Crippen MR) is 76.5 cm³/mol. The molecule has 0 unspecified atom stereocenters. The summed E-state index contributed by atoms with van der Waals surface area (Å²) in [4.78, 5) is 25.4. The Hall–Kier alpha value is -1.18. The fourth-order valence-electron chi connectivity index (χ4n) is 1.50. The Morgan fingerprint density at radius 1 is 1.56 bits per heavy atom. The van der Waals surface area contributed by atoms with Crippen LogP contribution in [-0.4, -0.2) is 32.7 Å². The van der Waals surface area contributed by atoms with Gasteiger partial charge in [-0.15, -0.1) is 11.3 Å². The number of carboxylic acid groups (broad SMARTS) is 1. The van der Waals surface area contributed by atoms with Gasteiger partial charge in [-0.25, -0.2) is 0 Å². The molecule has 4 nitrogen and oxygen atoms in total. The number of nitrogens with zero attached hydrogens (tertiary/aromatic N) is 1. The lowest BCUT2D eigenvalue weighted by Crippen LogP contribution is -2.33. The van der Waals surface area contributed by atoms with Crippen LogP contribution in [0.4, 0.5) is 0 Å². The topological polar surface area (TPSA) is 57.6 Å². The average Bonchev–Trinajstić information content (AvgIpc) is 2.91. The van der Waals surface area contributed by atoms with Crippen molar-refractivity contribution in [2.75, 3.05) is 6.54 Å². The molecule has 1 aliphatic heterocycles. The summed E-state index contributed by atoms with van der Waals surface area (Å²) >= 11 is 7.73. The van der Waals surface area contributed by atoms with Gasteiger partial charge in [0.05, 0.1) is 4.91 Å². The number of thiocarbonyl (C=S) groups is 1. The Labute approximate surface area is 117 Å². The maximum atomic E-state index is 12.1. The summed E-state index contributed by atoms with van der Waals surface area (Å²) in [7, 11) is 0. The van der Waals surface area contributed by atoms with Crippen LogP contribution in [0.25, 0.3) is 5.57 Å². The van der Waals surface area contributed by atoms with Crippen molar-refractivity contribution < 1.29 is 14.7 Å². The van der Waals surface area contributed by atoms with Gasteiger partial charge in [-0.05, 0) is 23.9 Å². The van der Waals surface area contributed by atoms with Crippen LogP contribution in [0.15, 0.2) is 22.4 Å². The molecule has 2 heterocycles. The fourth-order valence-corrected chi connectivity index (χ4v) is 3.60. The molecule has 1 aromatic rings. The van der Waals surface area contributed by atoms with Gasteiger partial charge in [0.15, 0.2) is 0 Å². The van der Waals surface area contributed by atoms with Crippen LogP contribution < -0.4 is 0 Å². The number of thiophene rings is 1. The van der Waals surface area contributed by atoms with Crippen LogP contribution in [0.5, 0.6) is 0 Å². The predicted octanol–water partition coefficient (Wildman–Crippen LogP) is 2.42. The van der Waals surface area contributed by atoms with E-state index in [2.05, 4.69) is 0 Å². The van der Waals surface area contributed by atoms with Crippen molar-refractivity contribution in [1.82, 2.24) is 4.90 Å². The Morgan fingerprint density at radius 3 is 2.83 bits per heavy atom. The number of amides is 1. The summed E-state index contributed by atoms with van der Waals surface area (Å²) in [5.74, 6) is -1.39. The van der Waals surface area contributed by atoms with E-state index in [0.29, 0.717) is 9.23 Å². The zero-order valence-electron chi connectivity index (χ0n) is 9.37. The van der Waals surface area contributed by atoms with Crippen LogP contribution in [0.3, 0.4) is 0 Å². The standard InChI is InChI=1S/C11H9NO3S3/c1-6(7-3-2-4-17-7)9-10(15)12(5-8(13)14)11(16)18-9/h2-4H,5H2,1H3,(H,13,14)/b9-6+. The summed E-state index contributed by atoms with van der Waals surface area (Å²) in [6, 6.07) is 3.82. The number of carbonyl (C=O) groups excluding carboxylic acids is 1. The first-order valence-corrected chi connectivity index (χ1v) is 7.11. The zero-order valence-corrected chi connectivity index (χ0v) is 11.8. The molecule has 7 heteroatoms. The average molecular weight is 299 g/mol. The second-order valence-electron chi connectivity index (χ2n) is 3.58. The molecule has 1 fully saturated rings. The lowest BCUT2D eigenvalue weighted by atomic mass is 10.2. The summed E-state index contributed by atoms with van der Waals surface area (Å²) in [6.07, 6.45) is 0. The van der Waals surface area contributed by atoms with Crippen molar-refractivity contribution in [1.29, 1.82) is 0 Å². The van der Waals surface area contributed by atoms with Crippen LogP contribution in [0.1, 0.15) is 11.8 Å². The Balaban J connectivity index is 2.33. The van der Waals surface area contributed by atoms with Crippen LogP contribution in [-0.2, 0) is 9.59 Å². The second-order valence-corrected chi connectivity index (χ2v) is 6.18. The van der Waals surface area contributed by atoms with Crippen molar-refractivity contribution in [2.24, 2.45) is 0 Å². The quantitative estimate of drug-likeness (QED) is 0.686. The molecule has 1 aromatic heterocycles. The van der Waals surface area contributed by atoms with E-state index in [1.807, 2.05) is 24.4 Å². The molecular formula is C11H9NO3S3. The van der Waals surface area contributed by atoms with Gasteiger partial charge in [0, 0.05) is 4.88 Å². The van der Waals surface area contributed by atoms with Crippen molar-refractivity contribution >= 4 is 57.1 Å². The Kier molecular flexibility index (Phi) is 3.84. The molecule has 1 aliphatic rings. The molecule has 0 radical (unpaired) electrons. The van der Waals surface area contributed by atoms with E-state index in [4.69, 9.17) is 17.3 Å². The summed E-state index contributed by atoms with van der Waals surface area (Å²) in [5.41, 5.74) is 0.843. The van der Waals surface area contributed by atoms with Gasteiger partial charge >= 0.3 is 5.97 Å². The number of aliphatic carboxylic acids is 1. The van der Waals surface area contributed by atoms with Crippen molar-refractivity contribution in [3.63, 3.8) is 0 Å². The number of thioether (sulfide) groups is 1. The van der Waals surface area contributed by atoms with Crippen LogP contribution >= 0.6 is 35.3 Å². The smallest absolute Gasteiger partial charge is 0.323 e. The molecule has 0 atom stereocenters. The van der Waals surface area contributed by atoms with Gasteiger partial charge < -0.3 is 5.11 Å². The minimum Gasteiger partial charge on any atom is -0.480 e. The van der Waals surface area contributed by atoms with E-state index >= 15 is 0 Å². The van der Waals surface area contributed by atoms with E-state index in [1.165, 1.54) is 11.3 Å². The third-order valence-electron chi connectivity index (χ3n) is 2.37. The van der Waals surface area contributed by atoms with Gasteiger partial charge in [-0.1, -0.05) is 30.0 Å². The monoisotopic (exact) mass is 299 g/mol. The SMILES string of the molecule is C/C(=C1\SC(=S)N(CC(=O)O)C1=O)c1cccs1. The second kappa shape index (κ2) is 5.21. The van der Waals surface area contributed by atoms with E-state index in [-0.39, 0.29) is 12.5 Å². The molecule has 0 aliphatic carbocycles. The maximum absolute atomic E-state index is 12.1. The molecule has 1 saturated heterocycles. The Morgan fingerprint density at radius 2 is 2.28 bits per heavy atom. The summed E-state index contributed by atoms with van der Waals surface area (Å²) in [6.45, 7) is 1.46. The largest absolute Gasteiger partial charge is 0.480 e. The number of allylic oxidation sites excluding steroid dienone is 1. The molecule has 0 spiro atoms. The van der Waals surface area contributed by atoms with Gasteiger partial charge in [-0.2, -0.15) is 0 Å². The van der Waals surface area contributed by atoms with Crippen molar-refractivity contribution in [3.8, 4) is 0 Å². The Bertz CT molecular complexity index is 548. The van der Waals surface area contributed by atoms with Crippen molar-refractivity contribution in [3.05, 3.63) is 27.3 Å². The molecule has 1 amide bonds. The van der Waals surface area contributed by atoms with Gasteiger partial charge in [-0.3, -0.25) is 14.5 Å². The number of hydrogen-bond donors (Lipinski definition) is 1. The first kappa shape index (κ1) is 13.3. The highest BCUT2D eigenvalue weighted by molar-refractivity contribution is 8.26. The van der Waals surface area contributed by atoms with Gasteiger partial charge in [0.25, 0.3) is 5.91 Å². The lowest BCUT2D eigenvalue weighted by molar-refractivity contribution is -0.140. The normalized spacial score (nSPS) is 18.4. The molecule has 18 heavy (non-hydrogen) atoms. The minimum atomic E-state index is -1.07. The number of hydrogen-bond acceptors (Lipinski definition) is 5. The number of carbonyl (C=O) groups is 2. The highest BCUT2D eigenvalue weighted by atomic mass is 32.2. The van der Waals surface area contributed by atoms with E-state index in [9.17, 15) is 9.59 Å². The molecular weight excluding hydrogens is 290 g/mol. The first-order chi connectivity index (χ1) is 8.50. The van der Waals surface area contributed by atoms with E-state index in [0.717, 1.165) is 27.1 Å². The number of rotatable bonds is 3.